The smallest absolute Gasteiger partial charge is 0.306 e. The lowest BCUT2D eigenvalue weighted by atomic mass is 10.2. The van der Waals surface area contributed by atoms with Crippen LogP contribution in [0.4, 0.5) is 0 Å². The maximum atomic E-state index is 11.6. The Balaban J connectivity index is 1.76. The minimum Gasteiger partial charge on any atom is -0.461 e. The number of hydrogen-bond acceptors (Lipinski definition) is 4. The molecule has 0 aliphatic heterocycles. The number of amides is 1. The number of terminal acetylenes is 1. The van der Waals surface area contributed by atoms with Crippen molar-refractivity contribution in [2.24, 2.45) is 0 Å². The molecule has 0 unspecified atom stereocenters. The van der Waals surface area contributed by atoms with E-state index in [4.69, 9.17) is 15.6 Å². The van der Waals surface area contributed by atoms with Crippen LogP contribution in [-0.4, -0.2) is 25.0 Å². The molecule has 2 aromatic rings. The Kier molecular flexibility index (Phi) is 6.01. The van der Waals surface area contributed by atoms with Gasteiger partial charge >= 0.3 is 5.97 Å². The van der Waals surface area contributed by atoms with E-state index in [0.29, 0.717) is 12.2 Å². The van der Waals surface area contributed by atoms with Crippen LogP contribution in [0, 0.1) is 12.3 Å². The predicted molar refractivity (Wildman–Crippen MR) is 85.3 cm³/mol. The van der Waals surface area contributed by atoms with Gasteiger partial charge in [-0.1, -0.05) is 36.3 Å². The lowest BCUT2D eigenvalue weighted by Crippen LogP contribution is -2.29. The molecule has 1 heterocycles. The lowest BCUT2D eigenvalue weighted by Gasteiger charge is -2.04. The molecule has 0 spiro atoms. The third-order valence-electron chi connectivity index (χ3n) is 3.05. The topological polar surface area (TPSA) is 68.5 Å². The maximum Gasteiger partial charge on any atom is 0.306 e. The van der Waals surface area contributed by atoms with Crippen molar-refractivity contribution in [1.82, 2.24) is 5.32 Å². The number of benzene rings is 1. The van der Waals surface area contributed by atoms with Crippen molar-refractivity contribution in [2.75, 3.05) is 13.2 Å². The van der Waals surface area contributed by atoms with Gasteiger partial charge in [-0.05, 0) is 12.1 Å². The molecule has 5 heteroatoms. The number of esters is 1. The third kappa shape index (κ3) is 5.36. The van der Waals surface area contributed by atoms with Gasteiger partial charge in [-0.3, -0.25) is 9.59 Å². The second-order valence-electron chi connectivity index (χ2n) is 4.77. The number of carbonyl (C=O) groups is 2. The minimum atomic E-state index is -0.460. The van der Waals surface area contributed by atoms with Crippen LogP contribution in [0.5, 0.6) is 0 Å². The first-order valence-electron chi connectivity index (χ1n) is 7.19. The lowest BCUT2D eigenvalue weighted by molar-refractivity contribution is -0.148. The van der Waals surface area contributed by atoms with Gasteiger partial charge in [-0.25, -0.2) is 0 Å². The molecule has 23 heavy (non-hydrogen) atoms. The van der Waals surface area contributed by atoms with Gasteiger partial charge in [0, 0.05) is 12.0 Å². The molecule has 0 atom stereocenters. The molecule has 1 amide bonds. The Hall–Kier alpha value is -3.00. The molecule has 0 aliphatic rings. The summed E-state index contributed by atoms with van der Waals surface area (Å²) in [5.41, 5.74) is 0.978. The fraction of sp³-hybridized carbons (Fsp3) is 0.222. The first-order chi connectivity index (χ1) is 11.2. The van der Waals surface area contributed by atoms with Crippen LogP contribution in [-0.2, 0) is 20.7 Å². The van der Waals surface area contributed by atoms with E-state index in [2.05, 4.69) is 11.2 Å². The van der Waals surface area contributed by atoms with E-state index in [9.17, 15) is 9.59 Å². The molecular weight excluding hydrogens is 294 g/mol. The first-order valence-corrected chi connectivity index (χ1v) is 7.19. The monoisotopic (exact) mass is 311 g/mol. The number of carbonyl (C=O) groups excluding carboxylic acids is 2. The second kappa shape index (κ2) is 8.44. The SMILES string of the molecule is C#CCNC(=O)COC(=O)CCc1ccc(-c2ccccc2)o1. The zero-order chi connectivity index (χ0) is 16.5. The fourth-order valence-corrected chi connectivity index (χ4v) is 1.91. The summed E-state index contributed by atoms with van der Waals surface area (Å²) in [7, 11) is 0. The normalized spacial score (nSPS) is 9.87. The summed E-state index contributed by atoms with van der Waals surface area (Å²) in [6.07, 6.45) is 5.56. The van der Waals surface area contributed by atoms with E-state index in [1.54, 1.807) is 0 Å². The Bertz CT molecular complexity index is 697. The number of hydrogen-bond donors (Lipinski definition) is 1. The summed E-state index contributed by atoms with van der Waals surface area (Å²) in [5, 5.41) is 2.41. The van der Waals surface area contributed by atoms with Crippen LogP contribution < -0.4 is 5.32 Å². The summed E-state index contributed by atoms with van der Waals surface area (Å²) in [6.45, 7) is -0.209. The highest BCUT2D eigenvalue weighted by molar-refractivity contribution is 5.80. The quantitative estimate of drug-likeness (QED) is 0.628. The summed E-state index contributed by atoms with van der Waals surface area (Å²) in [6, 6.07) is 13.4. The van der Waals surface area contributed by atoms with Crippen LogP contribution in [0.2, 0.25) is 0 Å². The summed E-state index contributed by atoms with van der Waals surface area (Å²) in [5.74, 6) is 2.83. The average Bonchev–Trinajstić information content (AvgIpc) is 3.06. The van der Waals surface area contributed by atoms with Gasteiger partial charge in [0.15, 0.2) is 6.61 Å². The minimum absolute atomic E-state index is 0.116. The van der Waals surface area contributed by atoms with E-state index in [0.717, 1.165) is 11.3 Å². The fourth-order valence-electron chi connectivity index (χ4n) is 1.91. The van der Waals surface area contributed by atoms with E-state index in [1.807, 2.05) is 42.5 Å². The number of aryl methyl sites for hydroxylation is 1. The molecule has 0 saturated carbocycles. The molecule has 2 rings (SSSR count). The van der Waals surface area contributed by atoms with Crippen LogP contribution in [0.25, 0.3) is 11.3 Å². The largest absolute Gasteiger partial charge is 0.461 e. The molecule has 0 aliphatic carbocycles. The van der Waals surface area contributed by atoms with Crippen LogP contribution in [0.3, 0.4) is 0 Å². The second-order valence-corrected chi connectivity index (χ2v) is 4.77. The standard InChI is InChI=1S/C18H17NO4/c1-2-12-19-17(20)13-22-18(21)11-9-15-8-10-16(23-15)14-6-4-3-5-7-14/h1,3-8,10H,9,11-13H2,(H,19,20). The number of furan rings is 1. The van der Waals surface area contributed by atoms with Crippen molar-refractivity contribution in [2.45, 2.75) is 12.8 Å². The van der Waals surface area contributed by atoms with Crippen LogP contribution in [0.1, 0.15) is 12.2 Å². The molecule has 1 aromatic carbocycles. The van der Waals surface area contributed by atoms with Crippen molar-refractivity contribution in [3.05, 3.63) is 48.2 Å². The zero-order valence-corrected chi connectivity index (χ0v) is 12.6. The summed E-state index contributed by atoms with van der Waals surface area (Å²) >= 11 is 0. The Labute approximate surface area is 134 Å². The molecule has 0 bridgehead atoms. The molecule has 0 saturated heterocycles. The predicted octanol–water partition coefficient (Wildman–Crippen LogP) is 2.17. The van der Waals surface area contributed by atoms with Crippen molar-refractivity contribution in [3.63, 3.8) is 0 Å². The zero-order valence-electron chi connectivity index (χ0n) is 12.6. The van der Waals surface area contributed by atoms with E-state index < -0.39 is 11.9 Å². The molecule has 0 fully saturated rings. The highest BCUT2D eigenvalue weighted by atomic mass is 16.5. The molecule has 1 N–H and O–H groups in total. The van der Waals surface area contributed by atoms with E-state index >= 15 is 0 Å². The maximum absolute atomic E-state index is 11.6. The molecule has 0 radical (unpaired) electrons. The van der Waals surface area contributed by atoms with Gasteiger partial charge < -0.3 is 14.5 Å². The van der Waals surface area contributed by atoms with Gasteiger partial charge in [-0.2, -0.15) is 0 Å². The molecule has 5 nitrogen and oxygen atoms in total. The van der Waals surface area contributed by atoms with Crippen LogP contribution in [0.15, 0.2) is 46.9 Å². The Morgan fingerprint density at radius 2 is 1.96 bits per heavy atom. The summed E-state index contributed by atoms with van der Waals surface area (Å²) in [4.78, 5) is 22.8. The molecular formula is C18H17NO4. The van der Waals surface area contributed by atoms with Crippen LogP contribution >= 0.6 is 0 Å². The highest BCUT2D eigenvalue weighted by Gasteiger charge is 2.10. The van der Waals surface area contributed by atoms with Gasteiger partial charge in [-0.15, -0.1) is 6.42 Å². The number of ether oxygens (including phenoxy) is 1. The average molecular weight is 311 g/mol. The van der Waals surface area contributed by atoms with Crippen molar-refractivity contribution in [1.29, 1.82) is 0 Å². The van der Waals surface area contributed by atoms with Gasteiger partial charge in [0.2, 0.25) is 0 Å². The third-order valence-corrected chi connectivity index (χ3v) is 3.05. The van der Waals surface area contributed by atoms with E-state index in [-0.39, 0.29) is 19.6 Å². The Morgan fingerprint density at radius 3 is 2.70 bits per heavy atom. The van der Waals surface area contributed by atoms with Gasteiger partial charge in [0.05, 0.1) is 13.0 Å². The number of nitrogens with one attached hydrogen (secondary N) is 1. The van der Waals surface area contributed by atoms with Gasteiger partial charge in [0.25, 0.3) is 5.91 Å². The van der Waals surface area contributed by atoms with E-state index in [1.165, 1.54) is 0 Å². The molecule has 118 valence electrons. The highest BCUT2D eigenvalue weighted by Crippen LogP contribution is 2.22. The first kappa shape index (κ1) is 16.4. The van der Waals surface area contributed by atoms with Gasteiger partial charge in [0.1, 0.15) is 11.5 Å². The van der Waals surface area contributed by atoms with Crippen molar-refractivity contribution in [3.8, 4) is 23.7 Å². The summed E-state index contributed by atoms with van der Waals surface area (Å²) < 4.78 is 10.5. The Morgan fingerprint density at radius 1 is 1.17 bits per heavy atom. The van der Waals surface area contributed by atoms with Crippen molar-refractivity contribution < 1.29 is 18.7 Å². The molecule has 1 aromatic heterocycles. The van der Waals surface area contributed by atoms with Crippen molar-refractivity contribution >= 4 is 11.9 Å². The number of rotatable bonds is 7.